The minimum Gasteiger partial charge on any atom is -0.478 e. The molecular weight excluding hydrogens is 234 g/mol. The predicted molar refractivity (Wildman–Crippen MR) is 64.6 cm³/mol. The number of rotatable bonds is 4. The summed E-state index contributed by atoms with van der Waals surface area (Å²) in [7, 11) is 0. The van der Waals surface area contributed by atoms with Gasteiger partial charge in [0.25, 0.3) is 5.56 Å². The van der Waals surface area contributed by atoms with Crippen molar-refractivity contribution >= 4 is 5.97 Å². The summed E-state index contributed by atoms with van der Waals surface area (Å²) in [6.07, 6.45) is 4.95. The van der Waals surface area contributed by atoms with Crippen LogP contribution in [0, 0.1) is 6.92 Å². The van der Waals surface area contributed by atoms with Crippen LogP contribution in [0.4, 0.5) is 0 Å². The molecule has 0 aromatic carbocycles. The van der Waals surface area contributed by atoms with Crippen molar-refractivity contribution in [1.82, 2.24) is 14.3 Å². The lowest BCUT2D eigenvalue weighted by atomic mass is 10.3. The molecule has 0 atom stereocenters. The van der Waals surface area contributed by atoms with E-state index in [0.29, 0.717) is 13.1 Å². The Labute approximate surface area is 103 Å². The normalized spacial score (nSPS) is 10.5. The summed E-state index contributed by atoms with van der Waals surface area (Å²) in [6.45, 7) is 2.85. The van der Waals surface area contributed by atoms with Gasteiger partial charge in [-0.1, -0.05) is 0 Å². The second kappa shape index (κ2) is 4.87. The SMILES string of the molecule is Cc1cnn(CCn2cc(C(=O)O)ccc2=O)c1. The van der Waals surface area contributed by atoms with Gasteiger partial charge in [0, 0.05) is 25.0 Å². The first-order valence-corrected chi connectivity index (χ1v) is 5.49. The molecule has 1 N–H and O–H groups in total. The fraction of sp³-hybridized carbons (Fsp3) is 0.250. The summed E-state index contributed by atoms with van der Waals surface area (Å²) in [5.74, 6) is -1.04. The molecular formula is C12H13N3O3. The monoisotopic (exact) mass is 247 g/mol. The van der Waals surface area contributed by atoms with Crippen molar-refractivity contribution in [3.05, 3.63) is 52.2 Å². The van der Waals surface area contributed by atoms with Crippen LogP contribution in [-0.4, -0.2) is 25.4 Å². The Morgan fingerprint density at radius 3 is 2.72 bits per heavy atom. The summed E-state index contributed by atoms with van der Waals surface area (Å²) in [6, 6.07) is 2.57. The number of hydrogen-bond acceptors (Lipinski definition) is 3. The van der Waals surface area contributed by atoms with E-state index in [1.54, 1.807) is 10.9 Å². The van der Waals surface area contributed by atoms with Gasteiger partial charge in [0.05, 0.1) is 18.3 Å². The van der Waals surface area contributed by atoms with Gasteiger partial charge >= 0.3 is 5.97 Å². The minimum absolute atomic E-state index is 0.103. The first kappa shape index (κ1) is 12.1. The molecule has 94 valence electrons. The van der Waals surface area contributed by atoms with Gasteiger partial charge in [-0.05, 0) is 18.6 Å². The number of pyridine rings is 1. The molecule has 0 saturated carbocycles. The lowest BCUT2D eigenvalue weighted by Gasteiger charge is -2.06. The lowest BCUT2D eigenvalue weighted by molar-refractivity contribution is 0.0695. The first-order valence-electron chi connectivity index (χ1n) is 5.49. The topological polar surface area (TPSA) is 77.1 Å². The Balaban J connectivity index is 2.16. The highest BCUT2D eigenvalue weighted by Crippen LogP contribution is 1.98. The molecule has 2 aromatic heterocycles. The molecule has 0 aliphatic heterocycles. The van der Waals surface area contributed by atoms with Crippen molar-refractivity contribution in [2.75, 3.05) is 0 Å². The lowest BCUT2D eigenvalue weighted by Crippen LogP contribution is -2.22. The van der Waals surface area contributed by atoms with Gasteiger partial charge < -0.3 is 9.67 Å². The van der Waals surface area contributed by atoms with Gasteiger partial charge in [-0.2, -0.15) is 5.10 Å². The fourth-order valence-corrected chi connectivity index (χ4v) is 1.63. The summed E-state index contributed by atoms with van der Waals surface area (Å²) < 4.78 is 3.09. The molecule has 6 nitrogen and oxygen atoms in total. The average molecular weight is 247 g/mol. The fourth-order valence-electron chi connectivity index (χ4n) is 1.63. The Hall–Kier alpha value is -2.37. The quantitative estimate of drug-likeness (QED) is 0.865. The van der Waals surface area contributed by atoms with Gasteiger partial charge in [0.2, 0.25) is 0 Å². The van der Waals surface area contributed by atoms with Crippen molar-refractivity contribution in [3.8, 4) is 0 Å². The molecule has 0 radical (unpaired) electrons. The smallest absolute Gasteiger partial charge is 0.337 e. The summed E-state index contributed by atoms with van der Waals surface area (Å²) in [5.41, 5.74) is 0.928. The van der Waals surface area contributed by atoms with Gasteiger partial charge in [-0.25, -0.2) is 4.79 Å². The number of carboxylic acid groups (broad SMARTS) is 1. The standard InChI is InChI=1S/C12H13N3O3/c1-9-6-13-15(7-9)5-4-14-8-10(12(17)18)2-3-11(14)16/h2-3,6-8H,4-5H2,1H3,(H,17,18). The van der Waals surface area contributed by atoms with E-state index in [4.69, 9.17) is 5.11 Å². The zero-order chi connectivity index (χ0) is 13.1. The number of aromatic nitrogens is 3. The molecule has 18 heavy (non-hydrogen) atoms. The molecule has 6 heteroatoms. The minimum atomic E-state index is -1.04. The second-order valence-corrected chi connectivity index (χ2v) is 4.04. The third-order valence-electron chi connectivity index (χ3n) is 2.56. The van der Waals surface area contributed by atoms with Crippen LogP contribution in [0.1, 0.15) is 15.9 Å². The van der Waals surface area contributed by atoms with Gasteiger partial charge in [-0.15, -0.1) is 0 Å². The van der Waals surface area contributed by atoms with Crippen molar-refractivity contribution in [2.24, 2.45) is 0 Å². The number of carbonyl (C=O) groups is 1. The predicted octanol–water partition coefficient (Wildman–Crippen LogP) is 0.752. The van der Waals surface area contributed by atoms with Crippen molar-refractivity contribution in [1.29, 1.82) is 0 Å². The van der Waals surface area contributed by atoms with E-state index < -0.39 is 5.97 Å². The Morgan fingerprint density at radius 2 is 2.11 bits per heavy atom. The van der Waals surface area contributed by atoms with E-state index >= 15 is 0 Å². The molecule has 0 amide bonds. The first-order chi connectivity index (χ1) is 8.56. The van der Waals surface area contributed by atoms with E-state index in [0.717, 1.165) is 5.56 Å². The van der Waals surface area contributed by atoms with E-state index in [1.165, 1.54) is 22.9 Å². The second-order valence-electron chi connectivity index (χ2n) is 4.04. The van der Waals surface area contributed by atoms with Gasteiger partial charge in [0.1, 0.15) is 0 Å². The van der Waals surface area contributed by atoms with E-state index in [1.807, 2.05) is 13.1 Å². The third kappa shape index (κ3) is 2.65. The van der Waals surface area contributed by atoms with Crippen LogP contribution in [0.3, 0.4) is 0 Å². The Bertz CT molecular complexity index is 627. The molecule has 2 heterocycles. The number of aromatic carboxylic acids is 1. The summed E-state index contributed by atoms with van der Waals surface area (Å²) >= 11 is 0. The van der Waals surface area contributed by atoms with Crippen LogP contribution in [0.25, 0.3) is 0 Å². The molecule has 0 fully saturated rings. The van der Waals surface area contributed by atoms with Crippen LogP contribution in [0.15, 0.2) is 35.5 Å². The molecule has 0 aliphatic carbocycles. The van der Waals surface area contributed by atoms with Gasteiger partial charge in [0.15, 0.2) is 0 Å². The van der Waals surface area contributed by atoms with Crippen molar-refractivity contribution in [2.45, 2.75) is 20.0 Å². The molecule has 2 aromatic rings. The summed E-state index contributed by atoms with van der Waals surface area (Å²) in [4.78, 5) is 22.4. The number of aryl methyl sites for hydroxylation is 3. The van der Waals surface area contributed by atoms with Crippen molar-refractivity contribution in [3.63, 3.8) is 0 Å². The van der Waals surface area contributed by atoms with Crippen LogP contribution < -0.4 is 5.56 Å². The zero-order valence-corrected chi connectivity index (χ0v) is 9.91. The van der Waals surface area contributed by atoms with E-state index in [-0.39, 0.29) is 11.1 Å². The van der Waals surface area contributed by atoms with Crippen LogP contribution in [0.5, 0.6) is 0 Å². The van der Waals surface area contributed by atoms with Crippen LogP contribution in [-0.2, 0) is 13.1 Å². The van der Waals surface area contributed by atoms with E-state index in [9.17, 15) is 9.59 Å². The third-order valence-corrected chi connectivity index (χ3v) is 2.56. The highest BCUT2D eigenvalue weighted by atomic mass is 16.4. The maximum atomic E-state index is 11.6. The average Bonchev–Trinajstić information content (AvgIpc) is 2.74. The molecule has 2 rings (SSSR count). The van der Waals surface area contributed by atoms with E-state index in [2.05, 4.69) is 5.10 Å². The largest absolute Gasteiger partial charge is 0.478 e. The maximum absolute atomic E-state index is 11.6. The maximum Gasteiger partial charge on any atom is 0.337 e. The molecule has 0 spiro atoms. The molecule has 0 aliphatic rings. The number of nitrogens with zero attached hydrogens (tertiary/aromatic N) is 3. The Kier molecular flexibility index (Phi) is 3.27. The zero-order valence-electron chi connectivity index (χ0n) is 9.91. The molecule has 0 unspecified atom stereocenters. The van der Waals surface area contributed by atoms with Crippen molar-refractivity contribution < 1.29 is 9.90 Å². The molecule has 0 bridgehead atoms. The van der Waals surface area contributed by atoms with Gasteiger partial charge in [-0.3, -0.25) is 9.48 Å². The number of hydrogen-bond donors (Lipinski definition) is 1. The highest BCUT2D eigenvalue weighted by molar-refractivity contribution is 5.87. The number of carboxylic acids is 1. The molecule has 0 saturated heterocycles. The summed E-state index contributed by atoms with van der Waals surface area (Å²) in [5, 5.41) is 13.0. The van der Waals surface area contributed by atoms with Crippen LogP contribution in [0.2, 0.25) is 0 Å². The highest BCUT2D eigenvalue weighted by Gasteiger charge is 2.05. The Morgan fingerprint density at radius 1 is 1.33 bits per heavy atom. The van der Waals surface area contributed by atoms with Crippen LogP contribution >= 0.6 is 0 Å².